The zero-order chi connectivity index (χ0) is 14.7. The molecular formula is C13H12N2O5. The third-order valence-corrected chi connectivity index (χ3v) is 2.71. The molecule has 0 aliphatic heterocycles. The van der Waals surface area contributed by atoms with Crippen molar-refractivity contribution in [1.29, 1.82) is 0 Å². The highest BCUT2D eigenvalue weighted by Gasteiger charge is 2.11. The van der Waals surface area contributed by atoms with Gasteiger partial charge in [0.2, 0.25) is 0 Å². The molecule has 1 aromatic carbocycles. The Morgan fingerprint density at radius 2 is 1.90 bits per heavy atom. The maximum Gasteiger partial charge on any atom is 0.323 e. The van der Waals surface area contributed by atoms with Crippen LogP contribution in [0.15, 0.2) is 46.2 Å². The van der Waals surface area contributed by atoms with Crippen molar-refractivity contribution in [2.75, 3.05) is 7.11 Å². The second-order valence-electron chi connectivity index (χ2n) is 3.97. The van der Waals surface area contributed by atoms with Crippen LogP contribution in [-0.4, -0.2) is 27.3 Å². The summed E-state index contributed by atoms with van der Waals surface area (Å²) in [4.78, 5) is 34.4. The van der Waals surface area contributed by atoms with Gasteiger partial charge in [-0.25, -0.2) is 0 Å². The lowest BCUT2D eigenvalue weighted by Crippen LogP contribution is -2.41. The van der Waals surface area contributed by atoms with Crippen molar-refractivity contribution in [3.05, 3.63) is 57.4 Å². The van der Waals surface area contributed by atoms with Crippen LogP contribution in [-0.2, 0) is 11.3 Å². The summed E-state index contributed by atoms with van der Waals surface area (Å²) in [7, 11) is 1.45. The van der Waals surface area contributed by atoms with Gasteiger partial charge in [0, 0.05) is 12.4 Å². The summed E-state index contributed by atoms with van der Waals surface area (Å²) in [6.45, 7) is -0.555. The van der Waals surface area contributed by atoms with Crippen LogP contribution in [0, 0.1) is 0 Å². The van der Waals surface area contributed by atoms with E-state index in [9.17, 15) is 14.4 Å². The fourth-order valence-electron chi connectivity index (χ4n) is 1.80. The highest BCUT2D eigenvalue weighted by Crippen LogP contribution is 2.19. The number of aliphatic carboxylic acids is 1. The van der Waals surface area contributed by atoms with Crippen LogP contribution in [0.25, 0.3) is 5.69 Å². The second kappa shape index (κ2) is 5.43. The minimum atomic E-state index is -1.19. The number of nitrogens with zero attached hydrogens (tertiary/aromatic N) is 2. The first kappa shape index (κ1) is 13.6. The molecule has 0 aliphatic carbocycles. The lowest BCUT2D eigenvalue weighted by Gasteiger charge is -2.11. The average molecular weight is 276 g/mol. The minimum Gasteiger partial charge on any atom is -0.495 e. The summed E-state index contributed by atoms with van der Waals surface area (Å²) in [5.74, 6) is -0.758. The number of aromatic nitrogens is 2. The Morgan fingerprint density at radius 1 is 1.20 bits per heavy atom. The number of hydrogen-bond donors (Lipinski definition) is 1. The number of carboxylic acids is 1. The van der Waals surface area contributed by atoms with E-state index in [-0.39, 0.29) is 0 Å². The van der Waals surface area contributed by atoms with Gasteiger partial charge in [0.25, 0.3) is 0 Å². The molecule has 2 rings (SSSR count). The number of benzene rings is 1. The van der Waals surface area contributed by atoms with Crippen molar-refractivity contribution in [1.82, 2.24) is 9.13 Å². The number of para-hydroxylation sites is 2. The second-order valence-corrected chi connectivity index (χ2v) is 3.97. The van der Waals surface area contributed by atoms with Crippen LogP contribution >= 0.6 is 0 Å². The van der Waals surface area contributed by atoms with E-state index in [1.54, 1.807) is 24.3 Å². The van der Waals surface area contributed by atoms with Crippen LogP contribution in [0.5, 0.6) is 5.75 Å². The molecule has 1 aromatic heterocycles. The Kier molecular flexibility index (Phi) is 3.69. The number of carbonyl (C=O) groups is 1. The van der Waals surface area contributed by atoms with Gasteiger partial charge >= 0.3 is 17.1 Å². The van der Waals surface area contributed by atoms with Gasteiger partial charge in [0.1, 0.15) is 12.3 Å². The number of hydrogen-bond acceptors (Lipinski definition) is 4. The fourth-order valence-corrected chi connectivity index (χ4v) is 1.80. The fraction of sp³-hybridized carbons (Fsp3) is 0.154. The molecule has 7 nitrogen and oxygen atoms in total. The molecule has 0 amide bonds. The minimum absolute atomic E-state index is 0.416. The van der Waals surface area contributed by atoms with Gasteiger partial charge in [-0.15, -0.1) is 0 Å². The Balaban J connectivity index is 2.60. The van der Waals surface area contributed by atoms with Crippen molar-refractivity contribution in [3.8, 4) is 11.4 Å². The van der Waals surface area contributed by atoms with E-state index in [0.29, 0.717) is 11.4 Å². The Hall–Kier alpha value is -2.83. The number of rotatable bonds is 4. The van der Waals surface area contributed by atoms with E-state index in [4.69, 9.17) is 9.84 Å². The van der Waals surface area contributed by atoms with Gasteiger partial charge in [0.05, 0.1) is 12.8 Å². The van der Waals surface area contributed by atoms with E-state index in [2.05, 4.69) is 0 Å². The van der Waals surface area contributed by atoms with Gasteiger partial charge in [-0.3, -0.25) is 23.5 Å². The predicted octanol–water partition coefficient (Wildman–Crippen LogP) is 0.0924. The monoisotopic (exact) mass is 276 g/mol. The van der Waals surface area contributed by atoms with E-state index >= 15 is 0 Å². The smallest absolute Gasteiger partial charge is 0.323 e. The summed E-state index contributed by atoms with van der Waals surface area (Å²) in [5, 5.41) is 8.66. The first-order valence-electron chi connectivity index (χ1n) is 5.72. The highest BCUT2D eigenvalue weighted by atomic mass is 16.5. The molecule has 1 N–H and O–H groups in total. The van der Waals surface area contributed by atoms with Crippen LogP contribution in [0.4, 0.5) is 0 Å². The summed E-state index contributed by atoms with van der Waals surface area (Å²) in [5.41, 5.74) is -1.32. The summed E-state index contributed by atoms with van der Waals surface area (Å²) < 4.78 is 7.10. The summed E-state index contributed by atoms with van der Waals surface area (Å²) in [6, 6.07) is 6.72. The third kappa shape index (κ3) is 2.46. The zero-order valence-corrected chi connectivity index (χ0v) is 10.6. The van der Waals surface area contributed by atoms with Crippen molar-refractivity contribution < 1.29 is 14.6 Å². The molecule has 0 unspecified atom stereocenters. The maximum atomic E-state index is 12.0. The largest absolute Gasteiger partial charge is 0.495 e. The SMILES string of the molecule is COc1ccccc1-n1ccn(CC(=O)O)c(=O)c1=O. The molecule has 0 fully saturated rings. The zero-order valence-electron chi connectivity index (χ0n) is 10.6. The topological polar surface area (TPSA) is 90.5 Å². The molecule has 0 atom stereocenters. The molecule has 0 saturated heterocycles. The predicted molar refractivity (Wildman–Crippen MR) is 70.5 cm³/mol. The molecule has 20 heavy (non-hydrogen) atoms. The Bertz CT molecular complexity index is 760. The van der Waals surface area contributed by atoms with Crippen LogP contribution in [0.2, 0.25) is 0 Å². The summed E-state index contributed by atoms with van der Waals surface area (Å²) in [6.07, 6.45) is 2.59. The molecule has 0 bridgehead atoms. The summed E-state index contributed by atoms with van der Waals surface area (Å²) >= 11 is 0. The third-order valence-electron chi connectivity index (χ3n) is 2.71. The molecule has 7 heteroatoms. The molecule has 0 radical (unpaired) electrons. The maximum absolute atomic E-state index is 12.0. The molecule has 0 saturated carbocycles. The lowest BCUT2D eigenvalue weighted by atomic mass is 10.3. The first-order valence-corrected chi connectivity index (χ1v) is 5.72. The Labute approximate surface area is 113 Å². The van der Waals surface area contributed by atoms with E-state index in [0.717, 1.165) is 9.13 Å². The first-order chi connectivity index (χ1) is 9.54. The normalized spacial score (nSPS) is 10.2. The van der Waals surface area contributed by atoms with Gasteiger partial charge < -0.3 is 9.84 Å². The molecule has 104 valence electrons. The van der Waals surface area contributed by atoms with Gasteiger partial charge in [0.15, 0.2) is 0 Å². The average Bonchev–Trinajstić information content (AvgIpc) is 2.44. The van der Waals surface area contributed by atoms with Crippen molar-refractivity contribution >= 4 is 5.97 Å². The molecule has 0 aliphatic rings. The standard InChI is InChI=1S/C13H12N2O5/c1-20-10-5-3-2-4-9(10)15-7-6-14(8-11(16)17)12(18)13(15)19/h2-7H,8H2,1H3,(H,16,17). The van der Waals surface area contributed by atoms with Crippen LogP contribution in [0.1, 0.15) is 0 Å². The van der Waals surface area contributed by atoms with Gasteiger partial charge in [-0.05, 0) is 12.1 Å². The quantitative estimate of drug-likeness (QED) is 0.799. The van der Waals surface area contributed by atoms with E-state index in [1.165, 1.54) is 19.5 Å². The molecular weight excluding hydrogens is 264 g/mol. The van der Waals surface area contributed by atoms with Crippen molar-refractivity contribution in [2.45, 2.75) is 6.54 Å². The number of ether oxygens (including phenoxy) is 1. The van der Waals surface area contributed by atoms with Crippen molar-refractivity contribution in [2.24, 2.45) is 0 Å². The van der Waals surface area contributed by atoms with Crippen LogP contribution < -0.4 is 15.9 Å². The van der Waals surface area contributed by atoms with E-state index in [1.807, 2.05) is 0 Å². The van der Waals surface area contributed by atoms with Gasteiger partial charge in [-0.2, -0.15) is 0 Å². The molecule has 2 aromatic rings. The van der Waals surface area contributed by atoms with Gasteiger partial charge in [-0.1, -0.05) is 12.1 Å². The van der Waals surface area contributed by atoms with Crippen molar-refractivity contribution in [3.63, 3.8) is 0 Å². The molecule has 0 spiro atoms. The number of carboxylic acid groups (broad SMARTS) is 1. The van der Waals surface area contributed by atoms with Crippen LogP contribution in [0.3, 0.4) is 0 Å². The highest BCUT2D eigenvalue weighted by molar-refractivity contribution is 5.66. The number of methoxy groups -OCH3 is 1. The van der Waals surface area contributed by atoms with E-state index < -0.39 is 23.6 Å². The Morgan fingerprint density at radius 3 is 2.55 bits per heavy atom. The lowest BCUT2D eigenvalue weighted by molar-refractivity contribution is -0.137. The molecule has 1 heterocycles.